The van der Waals surface area contributed by atoms with E-state index in [1.807, 2.05) is 0 Å². The molecule has 0 aliphatic heterocycles. The quantitative estimate of drug-likeness (QED) is 0.809. The van der Waals surface area contributed by atoms with E-state index in [0.717, 1.165) is 17.7 Å². The third-order valence-corrected chi connectivity index (χ3v) is 3.25. The van der Waals surface area contributed by atoms with Crippen molar-refractivity contribution >= 4 is 11.7 Å². The number of methoxy groups -OCH3 is 2. The van der Waals surface area contributed by atoms with Crippen LogP contribution >= 0.6 is 0 Å². The zero-order valence-electron chi connectivity index (χ0n) is 14.0. The van der Waals surface area contributed by atoms with Crippen LogP contribution in [-0.2, 0) is 6.54 Å². The van der Waals surface area contributed by atoms with E-state index < -0.39 is 12.4 Å². The van der Waals surface area contributed by atoms with Crippen LogP contribution in [0.1, 0.15) is 5.56 Å². The Kier molecular flexibility index (Phi) is 6.16. The van der Waals surface area contributed by atoms with Crippen LogP contribution in [0, 0.1) is 0 Å². The number of urea groups is 1. The summed E-state index contributed by atoms with van der Waals surface area (Å²) in [7, 11) is 3.03. The highest BCUT2D eigenvalue weighted by molar-refractivity contribution is 5.89. The normalized spacial score (nSPS) is 10.8. The number of carbonyl (C=O) groups is 1. The van der Waals surface area contributed by atoms with E-state index in [2.05, 4.69) is 15.4 Å². The first-order valence-electron chi connectivity index (χ1n) is 7.42. The van der Waals surface area contributed by atoms with Crippen molar-refractivity contribution in [2.75, 3.05) is 19.5 Å². The molecule has 0 heterocycles. The summed E-state index contributed by atoms with van der Waals surface area (Å²) in [5, 5.41) is 5.14. The van der Waals surface area contributed by atoms with Crippen molar-refractivity contribution < 1.29 is 32.2 Å². The molecule has 6 nitrogen and oxygen atoms in total. The number of anilines is 1. The molecule has 0 fully saturated rings. The van der Waals surface area contributed by atoms with E-state index >= 15 is 0 Å². The summed E-state index contributed by atoms with van der Waals surface area (Å²) in [6, 6.07) is 9.52. The number of carbonyl (C=O) groups excluding carboxylic acids is 1. The predicted octanol–water partition coefficient (Wildman–Crippen LogP) is 3.92. The van der Waals surface area contributed by atoms with Crippen LogP contribution < -0.4 is 24.8 Å². The first-order valence-corrected chi connectivity index (χ1v) is 7.42. The van der Waals surface area contributed by atoms with Gasteiger partial charge < -0.3 is 24.8 Å². The molecule has 0 atom stereocenters. The molecule has 0 aromatic heterocycles. The van der Waals surface area contributed by atoms with Gasteiger partial charge in [0, 0.05) is 12.2 Å². The fourth-order valence-corrected chi connectivity index (χ4v) is 2.09. The Hall–Kier alpha value is -3.10. The molecule has 140 valence electrons. The Bertz CT molecular complexity index is 749. The molecule has 2 aromatic rings. The maximum atomic E-state index is 12.1. The van der Waals surface area contributed by atoms with Crippen LogP contribution in [0.15, 0.2) is 42.5 Å². The van der Waals surface area contributed by atoms with Gasteiger partial charge in [-0.1, -0.05) is 6.07 Å². The van der Waals surface area contributed by atoms with Gasteiger partial charge in [0.05, 0.1) is 14.2 Å². The third-order valence-electron chi connectivity index (χ3n) is 3.25. The first kappa shape index (κ1) is 19.2. The Labute approximate surface area is 147 Å². The molecule has 9 heteroatoms. The van der Waals surface area contributed by atoms with Crippen molar-refractivity contribution in [1.82, 2.24) is 5.32 Å². The topological polar surface area (TPSA) is 68.8 Å². The maximum absolute atomic E-state index is 12.1. The van der Waals surface area contributed by atoms with Gasteiger partial charge in [-0.15, -0.1) is 13.2 Å². The summed E-state index contributed by atoms with van der Waals surface area (Å²) in [6.07, 6.45) is -4.76. The molecule has 2 N–H and O–H groups in total. The van der Waals surface area contributed by atoms with Gasteiger partial charge in [-0.2, -0.15) is 0 Å². The zero-order valence-corrected chi connectivity index (χ0v) is 14.0. The number of benzene rings is 2. The molecule has 0 bridgehead atoms. The highest BCUT2D eigenvalue weighted by atomic mass is 19.4. The first-order chi connectivity index (χ1) is 12.3. The zero-order chi connectivity index (χ0) is 19.2. The minimum absolute atomic E-state index is 0.224. The largest absolute Gasteiger partial charge is 0.573 e. The van der Waals surface area contributed by atoms with E-state index in [0.29, 0.717) is 17.2 Å². The van der Waals surface area contributed by atoms with Crippen molar-refractivity contribution in [2.24, 2.45) is 0 Å². The lowest BCUT2D eigenvalue weighted by atomic mass is 10.2. The lowest BCUT2D eigenvalue weighted by molar-refractivity contribution is -0.274. The Morgan fingerprint density at radius 2 is 1.65 bits per heavy atom. The predicted molar refractivity (Wildman–Crippen MR) is 88.5 cm³/mol. The third kappa shape index (κ3) is 5.76. The Balaban J connectivity index is 1.89. The molecule has 2 rings (SSSR count). The lowest BCUT2D eigenvalue weighted by Gasteiger charge is -2.12. The maximum Gasteiger partial charge on any atom is 0.573 e. The van der Waals surface area contributed by atoms with Crippen LogP contribution in [0.2, 0.25) is 0 Å². The van der Waals surface area contributed by atoms with Gasteiger partial charge >= 0.3 is 12.4 Å². The van der Waals surface area contributed by atoms with Crippen molar-refractivity contribution in [3.05, 3.63) is 48.0 Å². The van der Waals surface area contributed by atoms with Gasteiger partial charge in [0.1, 0.15) is 5.75 Å². The number of ether oxygens (including phenoxy) is 3. The van der Waals surface area contributed by atoms with Gasteiger partial charge in [-0.25, -0.2) is 4.79 Å². The number of amides is 2. The van der Waals surface area contributed by atoms with E-state index in [9.17, 15) is 18.0 Å². The second kappa shape index (κ2) is 8.32. The number of alkyl halides is 3. The summed E-state index contributed by atoms with van der Waals surface area (Å²) in [5.74, 6) is 0.739. The van der Waals surface area contributed by atoms with Crippen LogP contribution in [0.5, 0.6) is 17.2 Å². The molecule has 0 saturated carbocycles. The fourth-order valence-electron chi connectivity index (χ4n) is 2.09. The van der Waals surface area contributed by atoms with E-state index in [4.69, 9.17) is 9.47 Å². The highest BCUT2D eigenvalue weighted by Crippen LogP contribution is 2.27. The van der Waals surface area contributed by atoms with Gasteiger partial charge in [0.2, 0.25) is 0 Å². The summed E-state index contributed by atoms with van der Waals surface area (Å²) < 4.78 is 50.4. The summed E-state index contributed by atoms with van der Waals surface area (Å²) >= 11 is 0. The molecule has 0 spiro atoms. The number of halogens is 3. The molecule has 2 amide bonds. The SMILES string of the molecule is COc1ccc(CNC(=O)Nc2ccc(OC(F)(F)F)cc2)cc1OC. The molecular weight excluding hydrogens is 353 g/mol. The number of hydrogen-bond acceptors (Lipinski definition) is 4. The second-order valence-electron chi connectivity index (χ2n) is 5.07. The minimum Gasteiger partial charge on any atom is -0.493 e. The molecular formula is C17H17F3N2O4. The summed E-state index contributed by atoms with van der Waals surface area (Å²) in [5.41, 5.74) is 1.11. The van der Waals surface area contributed by atoms with Gasteiger partial charge in [0.25, 0.3) is 0 Å². The molecule has 2 aromatic carbocycles. The van der Waals surface area contributed by atoms with Crippen LogP contribution in [0.3, 0.4) is 0 Å². The number of rotatable bonds is 6. The second-order valence-corrected chi connectivity index (χ2v) is 5.07. The summed E-state index contributed by atoms with van der Waals surface area (Å²) in [4.78, 5) is 11.9. The average molecular weight is 370 g/mol. The summed E-state index contributed by atoms with van der Waals surface area (Å²) in [6.45, 7) is 0.224. The van der Waals surface area contributed by atoms with Crippen molar-refractivity contribution in [3.63, 3.8) is 0 Å². The molecule has 0 unspecified atom stereocenters. The molecule has 26 heavy (non-hydrogen) atoms. The Morgan fingerprint density at radius 3 is 2.23 bits per heavy atom. The van der Waals surface area contributed by atoms with Crippen molar-refractivity contribution in [2.45, 2.75) is 12.9 Å². The average Bonchev–Trinajstić information content (AvgIpc) is 2.60. The van der Waals surface area contributed by atoms with Crippen molar-refractivity contribution in [1.29, 1.82) is 0 Å². The van der Waals surface area contributed by atoms with Crippen molar-refractivity contribution in [3.8, 4) is 17.2 Å². The number of hydrogen-bond donors (Lipinski definition) is 2. The fraction of sp³-hybridized carbons (Fsp3) is 0.235. The van der Waals surface area contributed by atoms with Crippen LogP contribution in [0.4, 0.5) is 23.7 Å². The highest BCUT2D eigenvalue weighted by Gasteiger charge is 2.30. The van der Waals surface area contributed by atoms with Crippen LogP contribution in [-0.4, -0.2) is 26.6 Å². The van der Waals surface area contributed by atoms with Gasteiger partial charge in [-0.3, -0.25) is 0 Å². The van der Waals surface area contributed by atoms with Gasteiger partial charge in [0.15, 0.2) is 11.5 Å². The van der Waals surface area contributed by atoms with Gasteiger partial charge in [-0.05, 0) is 42.0 Å². The standard InChI is InChI=1S/C17H17F3N2O4/c1-24-14-8-3-11(9-15(14)25-2)10-21-16(23)22-12-4-6-13(7-5-12)26-17(18,19)20/h3-9H,10H2,1-2H3,(H2,21,22,23). The molecule has 0 aliphatic rings. The monoisotopic (exact) mass is 370 g/mol. The minimum atomic E-state index is -4.76. The Morgan fingerprint density at radius 1 is 1.00 bits per heavy atom. The number of nitrogens with one attached hydrogen (secondary N) is 2. The van der Waals surface area contributed by atoms with E-state index in [1.54, 1.807) is 18.2 Å². The lowest BCUT2D eigenvalue weighted by Crippen LogP contribution is -2.28. The molecule has 0 aliphatic carbocycles. The van der Waals surface area contributed by atoms with E-state index in [-0.39, 0.29) is 12.3 Å². The molecule has 0 radical (unpaired) electrons. The van der Waals surface area contributed by atoms with Crippen LogP contribution in [0.25, 0.3) is 0 Å². The van der Waals surface area contributed by atoms with E-state index in [1.165, 1.54) is 26.4 Å². The molecule has 0 saturated heterocycles. The smallest absolute Gasteiger partial charge is 0.493 e.